The molecule has 0 saturated heterocycles. The highest BCUT2D eigenvalue weighted by atomic mass is 16.5. The monoisotopic (exact) mass is 261 g/mol. The van der Waals surface area contributed by atoms with E-state index >= 15 is 0 Å². The van der Waals surface area contributed by atoms with E-state index in [0.29, 0.717) is 5.65 Å². The Morgan fingerprint density at radius 2 is 2.16 bits per heavy atom. The predicted molar refractivity (Wildman–Crippen MR) is 68.9 cm³/mol. The minimum Gasteiger partial charge on any atom is -0.467 e. The van der Waals surface area contributed by atoms with Crippen molar-refractivity contribution in [3.05, 3.63) is 35.8 Å². The van der Waals surface area contributed by atoms with Crippen LogP contribution in [0.3, 0.4) is 0 Å². The summed E-state index contributed by atoms with van der Waals surface area (Å²) in [5, 5.41) is 2.54. The Morgan fingerprint density at radius 3 is 2.79 bits per heavy atom. The summed E-state index contributed by atoms with van der Waals surface area (Å²) < 4.78 is 6.36. The summed E-state index contributed by atoms with van der Waals surface area (Å²) in [6.07, 6.45) is 1.64. The van der Waals surface area contributed by atoms with Crippen molar-refractivity contribution in [1.82, 2.24) is 14.7 Å². The average Bonchev–Trinajstić information content (AvgIpc) is 2.83. The smallest absolute Gasteiger partial charge is 0.328 e. The topological polar surface area (TPSA) is 72.7 Å². The van der Waals surface area contributed by atoms with Crippen LogP contribution in [0.25, 0.3) is 5.65 Å². The molecule has 2 heterocycles. The lowest BCUT2D eigenvalue weighted by atomic mass is 10.3. The summed E-state index contributed by atoms with van der Waals surface area (Å²) in [7, 11) is 1.28. The number of hydrogen-bond acceptors (Lipinski definition) is 4. The first-order valence-corrected chi connectivity index (χ1v) is 5.86. The highest BCUT2D eigenvalue weighted by molar-refractivity contribution is 5.95. The molecule has 1 atom stereocenters. The normalized spacial score (nSPS) is 12.2. The molecule has 0 bridgehead atoms. The molecule has 0 spiro atoms. The van der Waals surface area contributed by atoms with E-state index in [0.717, 1.165) is 5.69 Å². The second-order valence-corrected chi connectivity index (χ2v) is 4.24. The van der Waals surface area contributed by atoms with E-state index in [1.165, 1.54) is 7.11 Å². The number of fused-ring (bicyclic) bond motifs is 1. The van der Waals surface area contributed by atoms with Crippen molar-refractivity contribution < 1.29 is 14.3 Å². The van der Waals surface area contributed by atoms with Crippen LogP contribution in [0.5, 0.6) is 0 Å². The van der Waals surface area contributed by atoms with Crippen molar-refractivity contribution in [2.45, 2.75) is 19.9 Å². The van der Waals surface area contributed by atoms with Crippen LogP contribution in [0, 0.1) is 6.92 Å². The third-order valence-electron chi connectivity index (χ3n) is 2.83. The number of nitrogens with one attached hydrogen (secondary N) is 1. The molecule has 0 aliphatic carbocycles. The largest absolute Gasteiger partial charge is 0.467 e. The molecule has 0 radical (unpaired) electrons. The van der Waals surface area contributed by atoms with Crippen molar-refractivity contribution in [2.75, 3.05) is 7.11 Å². The zero-order chi connectivity index (χ0) is 14.0. The van der Waals surface area contributed by atoms with Gasteiger partial charge in [-0.15, -0.1) is 0 Å². The van der Waals surface area contributed by atoms with E-state index in [1.807, 2.05) is 29.5 Å². The molecule has 1 N–H and O–H groups in total. The molecule has 0 fully saturated rings. The van der Waals surface area contributed by atoms with Gasteiger partial charge in [-0.2, -0.15) is 0 Å². The van der Waals surface area contributed by atoms with Crippen molar-refractivity contribution in [3.63, 3.8) is 0 Å². The number of carbonyl (C=O) groups excluding carboxylic acids is 2. The lowest BCUT2D eigenvalue weighted by Gasteiger charge is -2.09. The van der Waals surface area contributed by atoms with Gasteiger partial charge in [0, 0.05) is 11.9 Å². The van der Waals surface area contributed by atoms with Crippen LogP contribution in [0.1, 0.15) is 23.1 Å². The zero-order valence-corrected chi connectivity index (χ0v) is 11.0. The number of pyridine rings is 1. The van der Waals surface area contributed by atoms with Gasteiger partial charge in [0.2, 0.25) is 0 Å². The number of methoxy groups -OCH3 is 1. The molecule has 0 aliphatic rings. The van der Waals surface area contributed by atoms with Gasteiger partial charge in [0.25, 0.3) is 5.91 Å². The minimum absolute atomic E-state index is 0.269. The number of rotatable bonds is 3. The fraction of sp³-hybridized carbons (Fsp3) is 0.308. The van der Waals surface area contributed by atoms with Crippen LogP contribution in [0.2, 0.25) is 0 Å². The minimum atomic E-state index is -0.705. The predicted octanol–water partition coefficient (Wildman–Crippen LogP) is 0.934. The number of aromatic nitrogens is 2. The lowest BCUT2D eigenvalue weighted by molar-refractivity contribution is -0.142. The average molecular weight is 261 g/mol. The first-order valence-electron chi connectivity index (χ1n) is 5.86. The van der Waals surface area contributed by atoms with Crippen molar-refractivity contribution in [3.8, 4) is 0 Å². The Labute approximate surface area is 110 Å². The first-order chi connectivity index (χ1) is 9.02. The van der Waals surface area contributed by atoms with E-state index in [-0.39, 0.29) is 5.69 Å². The Kier molecular flexibility index (Phi) is 3.50. The molecular formula is C13H15N3O3. The molecule has 2 aromatic rings. The molecule has 2 rings (SSSR count). The number of esters is 1. The SMILES string of the molecule is COC(=O)C(C)NC(=O)c1cn2c(C)cccc2n1. The molecule has 0 saturated carbocycles. The second-order valence-electron chi connectivity index (χ2n) is 4.24. The van der Waals surface area contributed by atoms with Crippen LogP contribution in [0.4, 0.5) is 0 Å². The summed E-state index contributed by atoms with van der Waals surface area (Å²) in [5.74, 6) is -0.894. The van der Waals surface area contributed by atoms with Gasteiger partial charge in [0.1, 0.15) is 17.4 Å². The molecule has 19 heavy (non-hydrogen) atoms. The summed E-state index contributed by atoms with van der Waals surface area (Å²) in [6, 6.07) is 4.90. The van der Waals surface area contributed by atoms with E-state index in [9.17, 15) is 9.59 Å². The van der Waals surface area contributed by atoms with Gasteiger partial charge in [0.05, 0.1) is 7.11 Å². The zero-order valence-electron chi connectivity index (χ0n) is 11.0. The number of amides is 1. The molecule has 1 amide bonds. The molecule has 0 aliphatic heterocycles. The molecule has 6 heteroatoms. The maximum Gasteiger partial charge on any atom is 0.328 e. The Balaban J connectivity index is 2.22. The third kappa shape index (κ3) is 2.57. The number of hydrogen-bond donors (Lipinski definition) is 1. The molecular weight excluding hydrogens is 246 g/mol. The van der Waals surface area contributed by atoms with E-state index < -0.39 is 17.9 Å². The van der Waals surface area contributed by atoms with Crippen molar-refractivity contribution in [1.29, 1.82) is 0 Å². The number of imidazole rings is 1. The number of aryl methyl sites for hydroxylation is 1. The van der Waals surface area contributed by atoms with Crippen molar-refractivity contribution >= 4 is 17.5 Å². The van der Waals surface area contributed by atoms with Gasteiger partial charge in [0.15, 0.2) is 0 Å². The van der Waals surface area contributed by atoms with Gasteiger partial charge >= 0.3 is 5.97 Å². The highest BCUT2D eigenvalue weighted by Crippen LogP contribution is 2.08. The third-order valence-corrected chi connectivity index (χ3v) is 2.83. The number of carbonyl (C=O) groups is 2. The van der Waals surface area contributed by atoms with Crippen LogP contribution in [0.15, 0.2) is 24.4 Å². The highest BCUT2D eigenvalue weighted by Gasteiger charge is 2.18. The maximum absolute atomic E-state index is 12.0. The van der Waals surface area contributed by atoms with Crippen LogP contribution in [-0.4, -0.2) is 34.4 Å². The number of nitrogens with zero attached hydrogens (tertiary/aromatic N) is 2. The molecule has 2 aromatic heterocycles. The van der Waals surface area contributed by atoms with Crippen LogP contribution >= 0.6 is 0 Å². The fourth-order valence-electron chi connectivity index (χ4n) is 1.76. The summed E-state index contributed by atoms with van der Waals surface area (Å²) in [5.41, 5.74) is 1.94. The van der Waals surface area contributed by atoms with E-state index in [2.05, 4.69) is 15.0 Å². The van der Waals surface area contributed by atoms with Gasteiger partial charge in [-0.25, -0.2) is 9.78 Å². The Bertz CT molecular complexity index is 633. The summed E-state index contributed by atoms with van der Waals surface area (Å²) >= 11 is 0. The lowest BCUT2D eigenvalue weighted by Crippen LogP contribution is -2.39. The number of ether oxygens (including phenoxy) is 1. The van der Waals surface area contributed by atoms with Gasteiger partial charge in [-0.05, 0) is 26.0 Å². The van der Waals surface area contributed by atoms with Crippen LogP contribution < -0.4 is 5.32 Å². The maximum atomic E-state index is 12.0. The van der Waals surface area contributed by atoms with Crippen LogP contribution in [-0.2, 0) is 9.53 Å². The molecule has 1 unspecified atom stereocenters. The second kappa shape index (κ2) is 5.09. The van der Waals surface area contributed by atoms with Gasteiger partial charge < -0.3 is 14.5 Å². The fourth-order valence-corrected chi connectivity index (χ4v) is 1.76. The first kappa shape index (κ1) is 13.1. The van der Waals surface area contributed by atoms with E-state index in [1.54, 1.807) is 13.1 Å². The molecule has 6 nitrogen and oxygen atoms in total. The van der Waals surface area contributed by atoms with E-state index in [4.69, 9.17) is 0 Å². The molecule has 0 aromatic carbocycles. The quantitative estimate of drug-likeness (QED) is 0.834. The van der Waals surface area contributed by atoms with Crippen molar-refractivity contribution in [2.24, 2.45) is 0 Å². The molecule has 100 valence electrons. The van der Waals surface area contributed by atoms with Gasteiger partial charge in [-0.3, -0.25) is 4.79 Å². The Hall–Kier alpha value is -2.37. The standard InChI is InChI=1S/C13H15N3O3/c1-8-5-4-6-11-15-10(7-16(8)11)12(17)14-9(2)13(18)19-3/h4-7,9H,1-3H3,(H,14,17). The van der Waals surface area contributed by atoms with Gasteiger partial charge in [-0.1, -0.05) is 6.07 Å². The summed E-state index contributed by atoms with van der Waals surface area (Å²) in [6.45, 7) is 3.48. The summed E-state index contributed by atoms with van der Waals surface area (Å²) in [4.78, 5) is 27.4. The Morgan fingerprint density at radius 1 is 1.42 bits per heavy atom.